The van der Waals surface area contributed by atoms with Crippen LogP contribution in [0.15, 0.2) is 29.0 Å². The van der Waals surface area contributed by atoms with Gasteiger partial charge in [0, 0.05) is 12.7 Å². The molecule has 0 aliphatic carbocycles. The van der Waals surface area contributed by atoms with E-state index in [9.17, 15) is 4.79 Å². The van der Waals surface area contributed by atoms with E-state index in [2.05, 4.69) is 5.10 Å². The molecular weight excluding hydrogens is 192 g/mol. The van der Waals surface area contributed by atoms with Crippen LogP contribution in [0.1, 0.15) is 28.7 Å². The van der Waals surface area contributed by atoms with Crippen LogP contribution in [0.2, 0.25) is 0 Å². The van der Waals surface area contributed by atoms with Crippen LogP contribution in [0.25, 0.3) is 0 Å². The Morgan fingerprint density at radius 3 is 2.93 bits per heavy atom. The zero-order valence-corrected chi connectivity index (χ0v) is 8.73. The van der Waals surface area contributed by atoms with Crippen molar-refractivity contribution in [3.63, 3.8) is 0 Å². The lowest BCUT2D eigenvalue weighted by atomic mass is 10.1. The van der Waals surface area contributed by atoms with E-state index < -0.39 is 0 Å². The lowest BCUT2D eigenvalue weighted by Crippen LogP contribution is -2.10. The van der Waals surface area contributed by atoms with Crippen molar-refractivity contribution in [2.75, 3.05) is 0 Å². The predicted molar refractivity (Wildman–Crippen MR) is 54.8 cm³/mol. The Morgan fingerprint density at radius 1 is 1.53 bits per heavy atom. The van der Waals surface area contributed by atoms with Gasteiger partial charge in [-0.2, -0.15) is 5.10 Å². The van der Waals surface area contributed by atoms with Crippen LogP contribution < -0.4 is 0 Å². The van der Waals surface area contributed by atoms with E-state index >= 15 is 0 Å². The summed E-state index contributed by atoms with van der Waals surface area (Å²) < 4.78 is 6.78. The van der Waals surface area contributed by atoms with Gasteiger partial charge in [0.15, 0.2) is 0 Å². The number of hydrogen-bond acceptors (Lipinski definition) is 3. The minimum absolute atomic E-state index is 0.0411. The summed E-state index contributed by atoms with van der Waals surface area (Å²) in [5.74, 6) is 0.601. The van der Waals surface area contributed by atoms with Gasteiger partial charge in [0.2, 0.25) is 5.78 Å². The molecule has 0 atom stereocenters. The highest BCUT2D eigenvalue weighted by Crippen LogP contribution is 2.14. The van der Waals surface area contributed by atoms with Gasteiger partial charge >= 0.3 is 0 Å². The number of furan rings is 1. The van der Waals surface area contributed by atoms with E-state index in [-0.39, 0.29) is 5.78 Å². The molecule has 4 nitrogen and oxygen atoms in total. The molecule has 2 heterocycles. The van der Waals surface area contributed by atoms with Crippen molar-refractivity contribution in [1.29, 1.82) is 0 Å². The second-order valence-corrected chi connectivity index (χ2v) is 3.25. The van der Waals surface area contributed by atoms with E-state index in [4.69, 9.17) is 4.42 Å². The van der Waals surface area contributed by atoms with Gasteiger partial charge in [-0.3, -0.25) is 9.48 Å². The minimum atomic E-state index is -0.0411. The summed E-state index contributed by atoms with van der Waals surface area (Å²) in [6, 6.07) is 3.41. The first-order valence-corrected chi connectivity index (χ1v) is 4.84. The fraction of sp³-hybridized carbons (Fsp3) is 0.273. The third-order valence-corrected chi connectivity index (χ3v) is 2.35. The average molecular weight is 204 g/mol. The van der Waals surface area contributed by atoms with Crippen LogP contribution in [0, 0.1) is 6.92 Å². The van der Waals surface area contributed by atoms with Crippen LogP contribution >= 0.6 is 0 Å². The molecule has 0 amide bonds. The number of aryl methyl sites for hydroxylation is 2. The molecule has 0 spiro atoms. The van der Waals surface area contributed by atoms with Crippen LogP contribution in [0.3, 0.4) is 0 Å². The molecule has 0 radical (unpaired) electrons. The number of carbonyl (C=O) groups is 1. The Morgan fingerprint density at radius 2 is 2.33 bits per heavy atom. The van der Waals surface area contributed by atoms with Gasteiger partial charge in [0.25, 0.3) is 0 Å². The second-order valence-electron chi connectivity index (χ2n) is 3.25. The quantitative estimate of drug-likeness (QED) is 0.719. The number of hydrogen-bond donors (Lipinski definition) is 0. The lowest BCUT2D eigenvalue weighted by Gasteiger charge is -2.02. The maximum Gasteiger partial charge on any atom is 0.214 e. The molecule has 0 aliphatic rings. The van der Waals surface area contributed by atoms with Crippen molar-refractivity contribution in [2.24, 2.45) is 0 Å². The first-order chi connectivity index (χ1) is 7.24. The zero-order valence-electron chi connectivity index (χ0n) is 8.73. The monoisotopic (exact) mass is 204 g/mol. The van der Waals surface area contributed by atoms with Crippen LogP contribution in [0.4, 0.5) is 0 Å². The van der Waals surface area contributed by atoms with Gasteiger partial charge in [-0.05, 0) is 26.0 Å². The van der Waals surface area contributed by atoms with E-state index in [1.54, 1.807) is 29.9 Å². The average Bonchev–Trinajstić information content (AvgIpc) is 2.84. The molecular formula is C11H12N2O2. The first-order valence-electron chi connectivity index (χ1n) is 4.84. The molecule has 0 N–H and O–H groups in total. The van der Waals surface area contributed by atoms with Crippen molar-refractivity contribution < 1.29 is 9.21 Å². The number of aromatic nitrogens is 2. The molecule has 0 saturated carbocycles. The first kappa shape index (κ1) is 9.71. The molecule has 2 rings (SSSR count). The largest absolute Gasteiger partial charge is 0.469 e. The Kier molecular flexibility index (Phi) is 2.41. The summed E-state index contributed by atoms with van der Waals surface area (Å²) in [5.41, 5.74) is 1.20. The third-order valence-electron chi connectivity index (χ3n) is 2.35. The Hall–Kier alpha value is -1.84. The third kappa shape index (κ3) is 1.58. The SMILES string of the molecule is CCn1nccc1C(=O)c1ccoc1C. The molecule has 0 bridgehead atoms. The van der Waals surface area contributed by atoms with Gasteiger partial charge < -0.3 is 4.42 Å². The van der Waals surface area contributed by atoms with Crippen LogP contribution in [0.5, 0.6) is 0 Å². The molecule has 2 aromatic rings. The van der Waals surface area contributed by atoms with Crippen molar-refractivity contribution in [2.45, 2.75) is 20.4 Å². The molecule has 0 aromatic carbocycles. The number of carbonyl (C=O) groups excluding carboxylic acids is 1. The fourth-order valence-corrected chi connectivity index (χ4v) is 1.54. The van der Waals surface area contributed by atoms with E-state index in [1.165, 1.54) is 6.26 Å². The highest BCUT2D eigenvalue weighted by molar-refractivity contribution is 6.08. The Bertz CT molecular complexity index is 482. The molecule has 2 aromatic heterocycles. The number of rotatable bonds is 3. The maximum atomic E-state index is 12.0. The standard InChI is InChI=1S/C11H12N2O2/c1-3-13-10(4-6-12-13)11(14)9-5-7-15-8(9)2/h4-7H,3H2,1-2H3. The van der Waals surface area contributed by atoms with Crippen LogP contribution in [-0.2, 0) is 6.54 Å². The Balaban J connectivity index is 2.41. The summed E-state index contributed by atoms with van der Waals surface area (Å²) in [4.78, 5) is 12.0. The fourth-order valence-electron chi connectivity index (χ4n) is 1.54. The minimum Gasteiger partial charge on any atom is -0.469 e. The van der Waals surface area contributed by atoms with Crippen LogP contribution in [-0.4, -0.2) is 15.6 Å². The normalized spacial score (nSPS) is 10.5. The van der Waals surface area contributed by atoms with Crippen molar-refractivity contribution in [3.05, 3.63) is 41.6 Å². The highest BCUT2D eigenvalue weighted by atomic mass is 16.3. The van der Waals surface area contributed by atoms with E-state index in [0.717, 1.165) is 0 Å². The smallest absolute Gasteiger partial charge is 0.214 e. The summed E-state index contributed by atoms with van der Waals surface area (Å²) in [6.45, 7) is 4.41. The molecule has 4 heteroatoms. The molecule has 0 aliphatic heterocycles. The maximum absolute atomic E-state index is 12.0. The Labute approximate surface area is 87.5 Å². The predicted octanol–water partition coefficient (Wildman–Crippen LogP) is 2.04. The second kappa shape index (κ2) is 3.73. The molecule has 0 fully saturated rings. The van der Waals surface area contributed by atoms with Gasteiger partial charge in [-0.25, -0.2) is 0 Å². The zero-order chi connectivity index (χ0) is 10.8. The van der Waals surface area contributed by atoms with Crippen molar-refractivity contribution >= 4 is 5.78 Å². The molecule has 78 valence electrons. The van der Waals surface area contributed by atoms with E-state index in [0.29, 0.717) is 23.6 Å². The highest BCUT2D eigenvalue weighted by Gasteiger charge is 2.17. The summed E-state index contributed by atoms with van der Waals surface area (Å²) in [5, 5.41) is 4.06. The molecule has 0 unspecified atom stereocenters. The van der Waals surface area contributed by atoms with Gasteiger partial charge in [-0.15, -0.1) is 0 Å². The van der Waals surface area contributed by atoms with Gasteiger partial charge in [0.05, 0.1) is 11.8 Å². The summed E-state index contributed by atoms with van der Waals surface area (Å²) in [7, 11) is 0. The van der Waals surface area contributed by atoms with Gasteiger partial charge in [0.1, 0.15) is 11.5 Å². The topological polar surface area (TPSA) is 48.0 Å². The molecule has 15 heavy (non-hydrogen) atoms. The van der Waals surface area contributed by atoms with Gasteiger partial charge in [-0.1, -0.05) is 0 Å². The molecule has 0 saturated heterocycles. The number of nitrogens with zero attached hydrogens (tertiary/aromatic N) is 2. The van der Waals surface area contributed by atoms with E-state index in [1.807, 2.05) is 6.92 Å². The summed E-state index contributed by atoms with van der Waals surface area (Å²) >= 11 is 0. The summed E-state index contributed by atoms with van der Waals surface area (Å²) in [6.07, 6.45) is 3.15. The number of ketones is 1. The van der Waals surface area contributed by atoms with Crippen molar-refractivity contribution in [3.8, 4) is 0 Å². The van der Waals surface area contributed by atoms with Crippen molar-refractivity contribution in [1.82, 2.24) is 9.78 Å². The lowest BCUT2D eigenvalue weighted by molar-refractivity contribution is 0.102.